The van der Waals surface area contributed by atoms with Gasteiger partial charge in [-0.1, -0.05) is 37.3 Å². The molecule has 1 saturated heterocycles. The monoisotopic (exact) mass is 275 g/mol. The minimum Gasteiger partial charge on any atom is -0.481 e. The third-order valence-electron chi connectivity index (χ3n) is 4.33. The predicted molar refractivity (Wildman–Crippen MR) is 80.9 cm³/mol. The zero-order valence-corrected chi connectivity index (χ0v) is 12.3. The standard InChI is InChI=1S/C17H25NO2/c1-14-13-18(11-6-5-9-17(19)20)12-10-16(14)15-7-3-2-4-8-15/h2-4,7-8,14,16H,5-6,9-13H2,1H3,(H,19,20). The summed E-state index contributed by atoms with van der Waals surface area (Å²) >= 11 is 0. The van der Waals surface area contributed by atoms with Crippen LogP contribution in [0.3, 0.4) is 0 Å². The van der Waals surface area contributed by atoms with Crippen LogP contribution in [0.1, 0.15) is 44.1 Å². The van der Waals surface area contributed by atoms with E-state index in [0.29, 0.717) is 18.3 Å². The van der Waals surface area contributed by atoms with Gasteiger partial charge in [-0.05, 0) is 49.8 Å². The fourth-order valence-corrected chi connectivity index (χ4v) is 3.24. The molecule has 0 spiro atoms. The van der Waals surface area contributed by atoms with Crippen LogP contribution < -0.4 is 0 Å². The molecule has 0 saturated carbocycles. The van der Waals surface area contributed by atoms with Crippen LogP contribution in [0.5, 0.6) is 0 Å². The minimum atomic E-state index is -0.679. The highest BCUT2D eigenvalue weighted by molar-refractivity contribution is 5.66. The molecule has 3 nitrogen and oxygen atoms in total. The zero-order valence-electron chi connectivity index (χ0n) is 12.3. The molecule has 0 aromatic heterocycles. The number of carboxylic acids is 1. The smallest absolute Gasteiger partial charge is 0.303 e. The first-order valence-electron chi connectivity index (χ1n) is 7.66. The normalized spacial score (nSPS) is 23.6. The van der Waals surface area contributed by atoms with Crippen molar-refractivity contribution in [1.29, 1.82) is 0 Å². The fourth-order valence-electron chi connectivity index (χ4n) is 3.24. The molecule has 0 aliphatic carbocycles. The van der Waals surface area contributed by atoms with Crippen molar-refractivity contribution in [3.8, 4) is 0 Å². The first kappa shape index (κ1) is 15.0. The van der Waals surface area contributed by atoms with Crippen LogP contribution in [0.25, 0.3) is 0 Å². The molecule has 1 fully saturated rings. The summed E-state index contributed by atoms with van der Waals surface area (Å²) in [5, 5.41) is 8.64. The van der Waals surface area contributed by atoms with Gasteiger partial charge in [0.05, 0.1) is 0 Å². The van der Waals surface area contributed by atoms with E-state index in [1.165, 1.54) is 12.0 Å². The lowest BCUT2D eigenvalue weighted by atomic mass is 9.81. The van der Waals surface area contributed by atoms with E-state index in [1.54, 1.807) is 0 Å². The quantitative estimate of drug-likeness (QED) is 0.809. The van der Waals surface area contributed by atoms with E-state index in [2.05, 4.69) is 42.2 Å². The van der Waals surface area contributed by atoms with E-state index in [9.17, 15) is 4.79 Å². The minimum absolute atomic E-state index is 0.302. The molecule has 1 N–H and O–H groups in total. The lowest BCUT2D eigenvalue weighted by Gasteiger charge is -2.37. The summed E-state index contributed by atoms with van der Waals surface area (Å²) in [5.41, 5.74) is 1.46. The van der Waals surface area contributed by atoms with Gasteiger partial charge < -0.3 is 10.0 Å². The Labute approximate surface area is 121 Å². The maximum absolute atomic E-state index is 10.5. The Balaban J connectivity index is 1.76. The Hall–Kier alpha value is -1.35. The van der Waals surface area contributed by atoms with Crippen molar-refractivity contribution in [3.63, 3.8) is 0 Å². The first-order valence-corrected chi connectivity index (χ1v) is 7.66. The molecule has 3 heteroatoms. The average Bonchev–Trinajstić information content (AvgIpc) is 2.44. The van der Waals surface area contributed by atoms with Crippen molar-refractivity contribution in [3.05, 3.63) is 35.9 Å². The number of nitrogens with zero attached hydrogens (tertiary/aromatic N) is 1. The molecule has 2 rings (SSSR count). The van der Waals surface area contributed by atoms with Crippen LogP contribution in [0.2, 0.25) is 0 Å². The molecule has 0 radical (unpaired) electrons. The van der Waals surface area contributed by atoms with Gasteiger partial charge in [-0.2, -0.15) is 0 Å². The number of unbranched alkanes of at least 4 members (excludes halogenated alkanes) is 1. The molecule has 20 heavy (non-hydrogen) atoms. The number of aliphatic carboxylic acids is 1. The number of carbonyl (C=O) groups is 1. The Kier molecular flexibility index (Phi) is 5.60. The zero-order chi connectivity index (χ0) is 14.4. The van der Waals surface area contributed by atoms with E-state index in [0.717, 1.165) is 32.5 Å². The van der Waals surface area contributed by atoms with Gasteiger partial charge in [0.15, 0.2) is 0 Å². The summed E-state index contributed by atoms with van der Waals surface area (Å²) in [6.07, 6.45) is 3.30. The van der Waals surface area contributed by atoms with Crippen molar-refractivity contribution < 1.29 is 9.90 Å². The van der Waals surface area contributed by atoms with E-state index in [4.69, 9.17) is 5.11 Å². The molecular formula is C17H25NO2. The number of rotatable bonds is 6. The van der Waals surface area contributed by atoms with Crippen molar-refractivity contribution in [2.24, 2.45) is 5.92 Å². The summed E-state index contributed by atoms with van der Waals surface area (Å²) in [6, 6.07) is 10.8. The van der Waals surface area contributed by atoms with E-state index in [1.807, 2.05) is 0 Å². The van der Waals surface area contributed by atoms with Gasteiger partial charge >= 0.3 is 5.97 Å². The Morgan fingerprint density at radius 3 is 2.70 bits per heavy atom. The number of benzene rings is 1. The summed E-state index contributed by atoms with van der Waals surface area (Å²) in [7, 11) is 0. The molecular weight excluding hydrogens is 250 g/mol. The second-order valence-corrected chi connectivity index (χ2v) is 5.93. The van der Waals surface area contributed by atoms with Gasteiger partial charge in [0.1, 0.15) is 0 Å². The molecule has 1 aromatic carbocycles. The maximum atomic E-state index is 10.5. The molecule has 1 aliphatic heterocycles. The van der Waals surface area contributed by atoms with Crippen molar-refractivity contribution in [2.75, 3.05) is 19.6 Å². The van der Waals surface area contributed by atoms with Crippen LogP contribution in [0.4, 0.5) is 0 Å². The highest BCUT2D eigenvalue weighted by Crippen LogP contribution is 2.32. The van der Waals surface area contributed by atoms with Gasteiger partial charge in [-0.15, -0.1) is 0 Å². The van der Waals surface area contributed by atoms with Gasteiger partial charge in [0.2, 0.25) is 0 Å². The molecule has 2 atom stereocenters. The van der Waals surface area contributed by atoms with Crippen LogP contribution in [0.15, 0.2) is 30.3 Å². The summed E-state index contributed by atoms with van der Waals surface area (Å²) < 4.78 is 0. The SMILES string of the molecule is CC1CN(CCCCC(=O)O)CCC1c1ccccc1. The molecule has 2 unspecified atom stereocenters. The van der Waals surface area contributed by atoms with Crippen LogP contribution in [0, 0.1) is 5.92 Å². The average molecular weight is 275 g/mol. The molecule has 0 bridgehead atoms. The lowest BCUT2D eigenvalue weighted by molar-refractivity contribution is -0.137. The molecule has 1 aliphatic rings. The van der Waals surface area contributed by atoms with Gasteiger partial charge in [0.25, 0.3) is 0 Å². The van der Waals surface area contributed by atoms with Crippen LogP contribution in [-0.2, 0) is 4.79 Å². The van der Waals surface area contributed by atoms with Crippen molar-refractivity contribution in [2.45, 2.75) is 38.5 Å². The number of carboxylic acid groups (broad SMARTS) is 1. The second kappa shape index (κ2) is 7.44. The molecule has 0 amide bonds. The first-order chi connectivity index (χ1) is 9.66. The summed E-state index contributed by atoms with van der Waals surface area (Å²) in [4.78, 5) is 13.0. The maximum Gasteiger partial charge on any atom is 0.303 e. The van der Waals surface area contributed by atoms with E-state index >= 15 is 0 Å². The Morgan fingerprint density at radius 2 is 2.05 bits per heavy atom. The van der Waals surface area contributed by atoms with Crippen LogP contribution in [-0.4, -0.2) is 35.6 Å². The van der Waals surface area contributed by atoms with Crippen molar-refractivity contribution in [1.82, 2.24) is 4.90 Å². The fraction of sp³-hybridized carbons (Fsp3) is 0.588. The lowest BCUT2D eigenvalue weighted by Crippen LogP contribution is -2.38. The number of hydrogen-bond acceptors (Lipinski definition) is 2. The second-order valence-electron chi connectivity index (χ2n) is 5.93. The Morgan fingerprint density at radius 1 is 1.30 bits per heavy atom. The van der Waals surface area contributed by atoms with E-state index < -0.39 is 5.97 Å². The summed E-state index contributed by atoms with van der Waals surface area (Å²) in [5.74, 6) is 0.665. The van der Waals surface area contributed by atoms with Gasteiger partial charge in [0, 0.05) is 13.0 Å². The number of likely N-dealkylation sites (tertiary alicyclic amines) is 1. The predicted octanol–water partition coefficient (Wildman–Crippen LogP) is 3.37. The largest absolute Gasteiger partial charge is 0.481 e. The highest BCUT2D eigenvalue weighted by Gasteiger charge is 2.26. The van der Waals surface area contributed by atoms with Gasteiger partial charge in [-0.3, -0.25) is 4.79 Å². The van der Waals surface area contributed by atoms with Crippen molar-refractivity contribution >= 4 is 5.97 Å². The third kappa shape index (κ3) is 4.34. The number of hydrogen-bond donors (Lipinski definition) is 1. The highest BCUT2D eigenvalue weighted by atomic mass is 16.4. The van der Waals surface area contributed by atoms with E-state index in [-0.39, 0.29) is 0 Å². The molecule has 1 heterocycles. The number of piperidine rings is 1. The summed E-state index contributed by atoms with van der Waals surface area (Å²) in [6.45, 7) is 5.64. The third-order valence-corrected chi connectivity index (χ3v) is 4.33. The van der Waals surface area contributed by atoms with Gasteiger partial charge in [-0.25, -0.2) is 0 Å². The Bertz CT molecular complexity index is 418. The molecule has 1 aromatic rings. The van der Waals surface area contributed by atoms with Crippen LogP contribution >= 0.6 is 0 Å². The topological polar surface area (TPSA) is 40.5 Å². The molecule has 110 valence electrons.